The molecule has 0 spiro atoms. The van der Waals surface area contributed by atoms with Gasteiger partial charge in [-0.15, -0.1) is 0 Å². The number of hydrogen-bond donors (Lipinski definition) is 1. The van der Waals surface area contributed by atoms with Gasteiger partial charge in [-0.1, -0.05) is 170 Å². The van der Waals surface area contributed by atoms with Crippen LogP contribution in [0.2, 0.25) is 0 Å². The molecule has 3 heterocycles. The van der Waals surface area contributed by atoms with E-state index in [1.165, 1.54) is 53.9 Å². The molecule has 0 bridgehead atoms. The molecule has 14 rings (SSSR count). The summed E-state index contributed by atoms with van der Waals surface area (Å²) in [6.07, 6.45) is -0.384. The third-order valence-electron chi connectivity index (χ3n) is 13.6. The minimum atomic E-state index is -0.384. The van der Waals surface area contributed by atoms with Crippen molar-refractivity contribution in [2.75, 3.05) is 0 Å². The predicted octanol–water partition coefficient (Wildman–Crippen LogP) is 15.5. The molecule has 0 saturated carbocycles. The van der Waals surface area contributed by atoms with Crippen molar-refractivity contribution in [1.82, 2.24) is 9.88 Å². The summed E-state index contributed by atoms with van der Waals surface area (Å²) in [4.78, 5) is 11.0. The number of para-hydroxylation sites is 2. The van der Waals surface area contributed by atoms with Crippen LogP contribution < -0.4 is 5.32 Å². The van der Waals surface area contributed by atoms with Crippen molar-refractivity contribution >= 4 is 98.5 Å². The van der Waals surface area contributed by atoms with Crippen LogP contribution in [0.3, 0.4) is 0 Å². The van der Waals surface area contributed by atoms with Crippen molar-refractivity contribution in [2.45, 2.75) is 6.17 Å². The van der Waals surface area contributed by atoms with Gasteiger partial charge in [0.25, 0.3) is 0 Å². The molecule has 1 aliphatic heterocycles. The fraction of sp³-hybridized carbons (Fsp3) is 0.0164. The molecule has 0 amide bonds. The Kier molecular flexibility index (Phi) is 7.98. The minimum absolute atomic E-state index is 0.384. The van der Waals surface area contributed by atoms with Gasteiger partial charge >= 0.3 is 0 Å². The molecule has 0 saturated heterocycles. The van der Waals surface area contributed by atoms with Crippen molar-refractivity contribution in [3.8, 4) is 16.8 Å². The highest BCUT2D eigenvalue weighted by Crippen LogP contribution is 2.43. The minimum Gasteiger partial charge on any atom is -0.456 e. The van der Waals surface area contributed by atoms with Gasteiger partial charge < -0.3 is 14.3 Å². The summed E-state index contributed by atoms with van der Waals surface area (Å²) >= 11 is 0. The second-order valence-electron chi connectivity index (χ2n) is 17.3. The van der Waals surface area contributed by atoms with Gasteiger partial charge in [0.05, 0.1) is 16.7 Å². The second kappa shape index (κ2) is 14.4. The molecule has 1 unspecified atom stereocenters. The molecule has 2 aromatic heterocycles. The van der Waals surface area contributed by atoms with E-state index in [2.05, 4.69) is 222 Å². The number of aromatic nitrogens is 1. The maximum atomic E-state index is 6.54. The van der Waals surface area contributed by atoms with E-state index in [0.29, 0.717) is 5.84 Å². The van der Waals surface area contributed by atoms with E-state index in [-0.39, 0.29) is 6.17 Å². The van der Waals surface area contributed by atoms with Crippen LogP contribution in [0.15, 0.2) is 233 Å². The molecule has 1 N–H and O–H groups in total. The molecule has 66 heavy (non-hydrogen) atoms. The lowest BCUT2D eigenvalue weighted by Gasteiger charge is -2.25. The number of nitrogens with zero attached hydrogens (tertiary/aromatic N) is 3. The maximum Gasteiger partial charge on any atom is 0.159 e. The lowest BCUT2D eigenvalue weighted by molar-refractivity contribution is 0.669. The molecule has 5 nitrogen and oxygen atoms in total. The standard InChI is InChI=1S/C61H38N4O/c1-2-16-37(17-3-1)59-62-60(64-61(63-59)49-28-14-26-46-43-21-7-6-20-41(43)42-22-8-9-24-45(42)57(46)49)40-32-33-53(51(35-40)47-27-15-31-56-58(47)48-25-11-13-30-55(48)66-56)65-52-29-12-10-23-44(52)50-34-38-18-4-5-19-39(38)36-54(50)65/h1-36,59H,(H,62,63,64). The van der Waals surface area contributed by atoms with E-state index in [4.69, 9.17) is 14.4 Å². The average molecular weight is 843 g/mol. The van der Waals surface area contributed by atoms with Gasteiger partial charge in [-0.3, -0.25) is 0 Å². The van der Waals surface area contributed by atoms with Gasteiger partial charge in [0, 0.05) is 43.6 Å². The molecule has 13 aromatic rings. The van der Waals surface area contributed by atoms with Crippen LogP contribution in [0.5, 0.6) is 0 Å². The molecule has 11 aromatic carbocycles. The van der Waals surface area contributed by atoms with Crippen LogP contribution in [0.25, 0.3) is 104 Å². The van der Waals surface area contributed by atoms with Gasteiger partial charge in [-0.25, -0.2) is 9.98 Å². The van der Waals surface area contributed by atoms with Gasteiger partial charge in [-0.05, 0) is 97.4 Å². The number of fused-ring (bicyclic) bond motifs is 13. The Balaban J connectivity index is 1.05. The van der Waals surface area contributed by atoms with Crippen molar-refractivity contribution < 1.29 is 4.42 Å². The first-order valence-corrected chi connectivity index (χ1v) is 22.5. The van der Waals surface area contributed by atoms with E-state index in [1.807, 2.05) is 6.07 Å². The fourth-order valence-corrected chi connectivity index (χ4v) is 10.7. The first-order chi connectivity index (χ1) is 32.7. The smallest absolute Gasteiger partial charge is 0.159 e. The first-order valence-electron chi connectivity index (χ1n) is 22.5. The Labute approximate surface area is 379 Å². The number of nitrogens with one attached hydrogen (secondary N) is 1. The number of hydrogen-bond acceptors (Lipinski definition) is 4. The molecule has 1 aliphatic rings. The molecule has 5 heteroatoms. The zero-order valence-corrected chi connectivity index (χ0v) is 35.6. The lowest BCUT2D eigenvalue weighted by atomic mass is 9.91. The van der Waals surface area contributed by atoms with Gasteiger partial charge in [0.2, 0.25) is 0 Å². The Morgan fingerprint density at radius 2 is 1.02 bits per heavy atom. The van der Waals surface area contributed by atoms with Crippen molar-refractivity contribution in [2.24, 2.45) is 9.98 Å². The average Bonchev–Trinajstić information content (AvgIpc) is 3.93. The second-order valence-corrected chi connectivity index (χ2v) is 17.3. The van der Waals surface area contributed by atoms with Gasteiger partial charge in [0.1, 0.15) is 23.2 Å². The zero-order valence-electron chi connectivity index (χ0n) is 35.6. The monoisotopic (exact) mass is 842 g/mol. The Morgan fingerprint density at radius 3 is 1.82 bits per heavy atom. The van der Waals surface area contributed by atoms with Crippen LogP contribution in [-0.4, -0.2) is 16.2 Å². The van der Waals surface area contributed by atoms with Crippen LogP contribution >= 0.6 is 0 Å². The summed E-state index contributed by atoms with van der Waals surface area (Å²) < 4.78 is 8.98. The summed E-state index contributed by atoms with van der Waals surface area (Å²) in [5, 5.41) is 18.0. The summed E-state index contributed by atoms with van der Waals surface area (Å²) in [7, 11) is 0. The quantitative estimate of drug-likeness (QED) is 0.176. The summed E-state index contributed by atoms with van der Waals surface area (Å²) in [6, 6.07) is 78.1. The normalized spacial score (nSPS) is 14.2. The van der Waals surface area contributed by atoms with Crippen LogP contribution in [-0.2, 0) is 0 Å². The number of benzene rings is 11. The SMILES string of the molecule is c1ccc(C2N=C(c3ccc(-n4c5ccccc5c5cc6ccccc6cc54)c(-c4cccc5oc6ccccc6c45)c3)N=C(c3cccc4c5ccccc5c5ccccc5c34)N2)cc1. The third kappa shape index (κ3) is 5.53. The highest BCUT2D eigenvalue weighted by Gasteiger charge is 2.26. The zero-order chi connectivity index (χ0) is 43.3. The van der Waals surface area contributed by atoms with E-state index < -0.39 is 0 Å². The van der Waals surface area contributed by atoms with E-state index in [1.54, 1.807) is 0 Å². The van der Waals surface area contributed by atoms with E-state index in [9.17, 15) is 0 Å². The predicted molar refractivity (Wildman–Crippen MR) is 275 cm³/mol. The molecule has 308 valence electrons. The summed E-state index contributed by atoms with van der Waals surface area (Å²) in [5.41, 5.74) is 10.2. The topological polar surface area (TPSA) is 54.8 Å². The van der Waals surface area contributed by atoms with E-state index in [0.717, 1.165) is 72.3 Å². The van der Waals surface area contributed by atoms with Crippen molar-refractivity contribution in [3.05, 3.63) is 235 Å². The number of amidine groups is 2. The molecular formula is C61H38N4O. The van der Waals surface area contributed by atoms with Crippen molar-refractivity contribution in [3.63, 3.8) is 0 Å². The molecule has 1 atom stereocenters. The Morgan fingerprint density at radius 1 is 0.409 bits per heavy atom. The fourth-order valence-electron chi connectivity index (χ4n) is 10.7. The molecule has 0 radical (unpaired) electrons. The first kappa shape index (κ1) is 36.7. The van der Waals surface area contributed by atoms with Crippen LogP contribution in [0, 0.1) is 0 Å². The molecular weight excluding hydrogens is 805 g/mol. The Hall–Kier alpha value is -8.80. The number of rotatable bonds is 5. The van der Waals surface area contributed by atoms with Crippen LogP contribution in [0.1, 0.15) is 22.9 Å². The van der Waals surface area contributed by atoms with Crippen molar-refractivity contribution in [1.29, 1.82) is 0 Å². The van der Waals surface area contributed by atoms with Gasteiger partial charge in [0.15, 0.2) is 5.84 Å². The summed E-state index contributed by atoms with van der Waals surface area (Å²) in [5.74, 6) is 1.44. The highest BCUT2D eigenvalue weighted by atomic mass is 16.3. The van der Waals surface area contributed by atoms with Crippen LogP contribution in [0.4, 0.5) is 0 Å². The van der Waals surface area contributed by atoms with Gasteiger partial charge in [-0.2, -0.15) is 0 Å². The number of furan rings is 1. The third-order valence-corrected chi connectivity index (χ3v) is 13.6. The Bertz CT molecular complexity index is 4170. The van der Waals surface area contributed by atoms with E-state index >= 15 is 0 Å². The largest absolute Gasteiger partial charge is 0.456 e. The molecule has 0 aliphatic carbocycles. The number of aliphatic imine (C=N–C) groups is 2. The summed E-state index contributed by atoms with van der Waals surface area (Å²) in [6.45, 7) is 0. The maximum absolute atomic E-state index is 6.54. The highest BCUT2D eigenvalue weighted by molar-refractivity contribution is 6.31. The molecule has 0 fully saturated rings. The lowest BCUT2D eigenvalue weighted by Crippen LogP contribution is -2.33.